The maximum absolute atomic E-state index is 13.1. The molecule has 0 bridgehead atoms. The molecule has 0 aromatic heterocycles. The summed E-state index contributed by atoms with van der Waals surface area (Å²) in [6.45, 7) is -1.67. The first kappa shape index (κ1) is 22.8. The van der Waals surface area contributed by atoms with E-state index in [9.17, 15) is 43.9 Å². The molecule has 1 atom stereocenters. The standard InChI is InChI=1S/C9H11F7O7S/c1-2-22-5(17)7(18,8(12,13)14)23-4-3-6(10,11)9(15,16)24(19,20)21/h18H,2-4H2,1H3,(H,19,20,21). The van der Waals surface area contributed by atoms with Crippen LogP contribution < -0.4 is 0 Å². The third-order valence-corrected chi connectivity index (χ3v) is 3.36. The molecule has 0 saturated heterocycles. The van der Waals surface area contributed by atoms with Crippen LogP contribution in [-0.2, 0) is 24.4 Å². The molecule has 0 aromatic rings. The van der Waals surface area contributed by atoms with Gasteiger partial charge in [-0.05, 0) is 6.92 Å². The highest BCUT2D eigenvalue weighted by Crippen LogP contribution is 2.41. The van der Waals surface area contributed by atoms with Crippen LogP contribution in [0.5, 0.6) is 0 Å². The summed E-state index contributed by atoms with van der Waals surface area (Å²) in [5, 5.41) is 3.05. The summed E-state index contributed by atoms with van der Waals surface area (Å²) in [6, 6.07) is 0. The van der Waals surface area contributed by atoms with Gasteiger partial charge in [0.15, 0.2) is 0 Å². The zero-order chi connectivity index (χ0) is 19.6. The van der Waals surface area contributed by atoms with Crippen LogP contribution in [-0.4, -0.2) is 60.4 Å². The summed E-state index contributed by atoms with van der Waals surface area (Å²) in [5.74, 6) is -12.7. The van der Waals surface area contributed by atoms with Crippen molar-refractivity contribution in [2.24, 2.45) is 0 Å². The van der Waals surface area contributed by atoms with Crippen molar-refractivity contribution in [2.45, 2.75) is 36.5 Å². The third kappa shape index (κ3) is 4.46. The van der Waals surface area contributed by atoms with Crippen molar-refractivity contribution in [3.05, 3.63) is 0 Å². The fourth-order valence-corrected chi connectivity index (χ4v) is 1.63. The van der Waals surface area contributed by atoms with E-state index in [1.165, 1.54) is 0 Å². The Kier molecular flexibility index (Phi) is 6.62. The quantitative estimate of drug-likeness (QED) is 0.276. The van der Waals surface area contributed by atoms with Crippen molar-refractivity contribution in [3.8, 4) is 0 Å². The molecule has 0 heterocycles. The van der Waals surface area contributed by atoms with Crippen molar-refractivity contribution < 1.29 is 63.1 Å². The number of hydrogen-bond acceptors (Lipinski definition) is 6. The molecule has 7 nitrogen and oxygen atoms in total. The Labute approximate surface area is 130 Å². The highest BCUT2D eigenvalue weighted by atomic mass is 32.2. The van der Waals surface area contributed by atoms with Crippen LogP contribution in [0.3, 0.4) is 0 Å². The Balaban J connectivity index is 5.26. The van der Waals surface area contributed by atoms with E-state index in [1.54, 1.807) is 0 Å². The molecule has 1 unspecified atom stereocenters. The fourth-order valence-electron chi connectivity index (χ4n) is 1.15. The average Bonchev–Trinajstić information content (AvgIpc) is 2.35. The first-order valence-corrected chi connectivity index (χ1v) is 7.21. The second-order valence-electron chi connectivity index (χ2n) is 4.16. The van der Waals surface area contributed by atoms with Gasteiger partial charge in [-0.1, -0.05) is 0 Å². The lowest BCUT2D eigenvalue weighted by molar-refractivity contribution is -0.355. The van der Waals surface area contributed by atoms with E-state index in [4.69, 9.17) is 9.66 Å². The van der Waals surface area contributed by atoms with Gasteiger partial charge in [-0.3, -0.25) is 4.55 Å². The number of ether oxygens (including phenoxy) is 2. The molecule has 0 radical (unpaired) electrons. The highest BCUT2D eigenvalue weighted by Gasteiger charge is 2.67. The van der Waals surface area contributed by atoms with Crippen LogP contribution in [0, 0.1) is 0 Å². The Bertz CT molecular complexity index is 559. The van der Waals surface area contributed by atoms with Crippen molar-refractivity contribution in [2.75, 3.05) is 13.2 Å². The predicted molar refractivity (Wildman–Crippen MR) is 59.6 cm³/mol. The van der Waals surface area contributed by atoms with Crippen LogP contribution in [0.2, 0.25) is 0 Å². The number of rotatable bonds is 8. The maximum atomic E-state index is 13.1. The van der Waals surface area contributed by atoms with E-state index >= 15 is 0 Å². The minimum atomic E-state index is -6.59. The molecule has 0 rings (SSSR count). The first-order valence-electron chi connectivity index (χ1n) is 5.77. The van der Waals surface area contributed by atoms with Crippen molar-refractivity contribution in [3.63, 3.8) is 0 Å². The molecule has 0 aliphatic heterocycles. The van der Waals surface area contributed by atoms with Crippen LogP contribution in [0.1, 0.15) is 13.3 Å². The summed E-state index contributed by atoms with van der Waals surface area (Å²) >= 11 is 0. The summed E-state index contributed by atoms with van der Waals surface area (Å²) in [7, 11) is -6.59. The van der Waals surface area contributed by atoms with Crippen molar-refractivity contribution >= 4 is 16.1 Å². The lowest BCUT2D eigenvalue weighted by atomic mass is 10.2. The molecule has 24 heavy (non-hydrogen) atoms. The highest BCUT2D eigenvalue weighted by molar-refractivity contribution is 7.87. The maximum Gasteiger partial charge on any atom is 0.455 e. The zero-order valence-corrected chi connectivity index (χ0v) is 12.4. The van der Waals surface area contributed by atoms with Gasteiger partial charge in [0.2, 0.25) is 0 Å². The average molecular weight is 396 g/mol. The molecule has 0 aliphatic rings. The monoisotopic (exact) mass is 396 g/mol. The predicted octanol–water partition coefficient (Wildman–Crippen LogP) is 1.32. The van der Waals surface area contributed by atoms with Gasteiger partial charge in [0.1, 0.15) is 0 Å². The Morgan fingerprint density at radius 3 is 1.88 bits per heavy atom. The lowest BCUT2D eigenvalue weighted by Gasteiger charge is -2.29. The Morgan fingerprint density at radius 2 is 1.54 bits per heavy atom. The molecule has 15 heteroatoms. The van der Waals surface area contributed by atoms with Crippen molar-refractivity contribution in [1.29, 1.82) is 0 Å². The van der Waals surface area contributed by atoms with E-state index in [0.29, 0.717) is 0 Å². The van der Waals surface area contributed by atoms with E-state index in [-0.39, 0.29) is 0 Å². The third-order valence-electron chi connectivity index (χ3n) is 2.41. The van der Waals surface area contributed by atoms with E-state index < -0.39 is 58.9 Å². The van der Waals surface area contributed by atoms with Crippen LogP contribution in [0.15, 0.2) is 0 Å². The normalized spacial score (nSPS) is 16.6. The van der Waals surface area contributed by atoms with Gasteiger partial charge in [-0.2, -0.15) is 39.2 Å². The van der Waals surface area contributed by atoms with E-state index in [2.05, 4.69) is 9.47 Å². The summed E-state index contributed by atoms with van der Waals surface area (Å²) in [6.07, 6.45) is -8.27. The summed E-state index contributed by atoms with van der Waals surface area (Å²) < 4.78 is 125. The van der Waals surface area contributed by atoms with E-state index in [1.807, 2.05) is 0 Å². The molecule has 0 aromatic carbocycles. The van der Waals surface area contributed by atoms with Crippen LogP contribution in [0.4, 0.5) is 30.7 Å². The number of aliphatic hydroxyl groups is 1. The fraction of sp³-hybridized carbons (Fsp3) is 0.889. The number of carbonyl (C=O) groups excluding carboxylic acids is 1. The Morgan fingerprint density at radius 1 is 1.08 bits per heavy atom. The number of carbonyl (C=O) groups is 1. The topological polar surface area (TPSA) is 110 Å². The Hall–Kier alpha value is -1.19. The number of halogens is 7. The smallest absolute Gasteiger partial charge is 0.455 e. The summed E-state index contributed by atoms with van der Waals surface area (Å²) in [5.41, 5.74) is 0. The lowest BCUT2D eigenvalue weighted by Crippen LogP contribution is -2.56. The SMILES string of the molecule is CCOC(=O)C(O)(OCCC(F)(F)C(F)(F)S(=O)(=O)O)C(F)(F)F. The largest absolute Gasteiger partial charge is 0.462 e. The van der Waals surface area contributed by atoms with Gasteiger partial charge in [-0.25, -0.2) is 4.79 Å². The molecule has 0 spiro atoms. The second-order valence-corrected chi connectivity index (χ2v) is 5.62. The van der Waals surface area contributed by atoms with Gasteiger partial charge in [0.05, 0.1) is 13.2 Å². The van der Waals surface area contributed by atoms with Crippen LogP contribution >= 0.6 is 0 Å². The number of esters is 1. The molecule has 0 aliphatic carbocycles. The molecule has 144 valence electrons. The van der Waals surface area contributed by atoms with E-state index in [0.717, 1.165) is 6.92 Å². The molecular formula is C9H11F7O7S. The van der Waals surface area contributed by atoms with Gasteiger partial charge in [0.25, 0.3) is 0 Å². The van der Waals surface area contributed by atoms with Gasteiger partial charge in [0, 0.05) is 6.42 Å². The first-order chi connectivity index (χ1) is 10.4. The minimum absolute atomic E-state index is 0.669. The van der Waals surface area contributed by atoms with Gasteiger partial charge >= 0.3 is 39.2 Å². The zero-order valence-electron chi connectivity index (χ0n) is 11.6. The minimum Gasteiger partial charge on any atom is -0.462 e. The van der Waals surface area contributed by atoms with Gasteiger partial charge in [-0.15, -0.1) is 0 Å². The van der Waals surface area contributed by atoms with Crippen LogP contribution in [0.25, 0.3) is 0 Å². The number of alkyl halides is 7. The second kappa shape index (κ2) is 6.97. The number of hydrogen-bond donors (Lipinski definition) is 2. The molecular weight excluding hydrogens is 385 g/mol. The van der Waals surface area contributed by atoms with Gasteiger partial charge < -0.3 is 14.6 Å². The molecule has 0 saturated carbocycles. The molecule has 2 N–H and O–H groups in total. The summed E-state index contributed by atoms with van der Waals surface area (Å²) in [4.78, 5) is 11.0. The molecule has 0 amide bonds. The molecule has 0 fully saturated rings. The van der Waals surface area contributed by atoms with Crippen molar-refractivity contribution in [1.82, 2.24) is 0 Å².